The summed E-state index contributed by atoms with van der Waals surface area (Å²) in [5, 5.41) is 22.4. The van der Waals surface area contributed by atoms with Crippen LogP contribution in [0.25, 0.3) is 0 Å². The Morgan fingerprint density at radius 3 is 2.45 bits per heavy atom. The van der Waals surface area contributed by atoms with Crippen LogP contribution in [0.3, 0.4) is 0 Å². The van der Waals surface area contributed by atoms with E-state index < -0.39 is 0 Å². The lowest BCUT2D eigenvalue weighted by molar-refractivity contribution is -0.119. The minimum Gasteiger partial charge on any atom is -0.508 e. The van der Waals surface area contributed by atoms with E-state index in [1.165, 1.54) is 18.2 Å². The van der Waals surface area contributed by atoms with Crippen molar-refractivity contribution in [3.05, 3.63) is 72.4 Å². The molecule has 5 heteroatoms. The molecule has 0 aromatic heterocycles. The van der Waals surface area contributed by atoms with Crippen molar-refractivity contribution in [3.63, 3.8) is 0 Å². The molecular formula is C17H17N3O2. The van der Waals surface area contributed by atoms with E-state index in [0.29, 0.717) is 0 Å². The number of hydrogen-bond acceptors (Lipinski definition) is 4. The number of aromatic hydroxyl groups is 1. The number of amidine groups is 1. The number of rotatable bonds is 5. The van der Waals surface area contributed by atoms with Gasteiger partial charge in [0.15, 0.2) is 0 Å². The number of nitrogens with one attached hydrogen (secondary N) is 3. The van der Waals surface area contributed by atoms with Gasteiger partial charge >= 0.3 is 0 Å². The molecule has 112 valence electrons. The van der Waals surface area contributed by atoms with Crippen molar-refractivity contribution < 1.29 is 9.90 Å². The van der Waals surface area contributed by atoms with Crippen LogP contribution in [-0.4, -0.2) is 16.8 Å². The Morgan fingerprint density at radius 2 is 1.77 bits per heavy atom. The molecule has 0 bridgehead atoms. The van der Waals surface area contributed by atoms with Gasteiger partial charge in [0.1, 0.15) is 11.6 Å². The molecule has 0 aliphatic carbocycles. The summed E-state index contributed by atoms with van der Waals surface area (Å²) < 4.78 is 0. The number of hydrogen-bond donors (Lipinski definition) is 4. The second-order valence-electron chi connectivity index (χ2n) is 4.65. The van der Waals surface area contributed by atoms with E-state index in [0.717, 1.165) is 11.3 Å². The van der Waals surface area contributed by atoms with Gasteiger partial charge in [-0.05, 0) is 35.9 Å². The number of phenols is 1. The van der Waals surface area contributed by atoms with Gasteiger partial charge in [0.2, 0.25) is 5.91 Å². The predicted octanol–water partition coefficient (Wildman–Crippen LogP) is 2.65. The van der Waals surface area contributed by atoms with Gasteiger partial charge in [-0.3, -0.25) is 10.2 Å². The zero-order chi connectivity index (χ0) is 15.8. The summed E-state index contributed by atoms with van der Waals surface area (Å²) >= 11 is 0. The van der Waals surface area contributed by atoms with E-state index in [1.54, 1.807) is 18.3 Å². The maximum absolute atomic E-state index is 11.8. The third kappa shape index (κ3) is 5.13. The highest BCUT2D eigenvalue weighted by Crippen LogP contribution is 2.09. The third-order valence-electron chi connectivity index (χ3n) is 2.85. The first-order chi connectivity index (χ1) is 10.6. The van der Waals surface area contributed by atoms with Gasteiger partial charge in [0.05, 0.1) is 6.42 Å². The number of para-hydroxylation sites is 1. The van der Waals surface area contributed by atoms with Crippen LogP contribution in [0.2, 0.25) is 0 Å². The molecular weight excluding hydrogens is 278 g/mol. The minimum atomic E-state index is -0.278. The van der Waals surface area contributed by atoms with Crippen LogP contribution in [-0.2, 0) is 11.2 Å². The average Bonchev–Trinajstić information content (AvgIpc) is 2.50. The van der Waals surface area contributed by atoms with Crippen LogP contribution in [0.5, 0.6) is 5.75 Å². The van der Waals surface area contributed by atoms with Crippen LogP contribution in [0.4, 0.5) is 5.69 Å². The lowest BCUT2D eigenvalue weighted by Crippen LogP contribution is -2.29. The average molecular weight is 295 g/mol. The second-order valence-corrected chi connectivity index (χ2v) is 4.65. The van der Waals surface area contributed by atoms with E-state index >= 15 is 0 Å². The van der Waals surface area contributed by atoms with Gasteiger partial charge in [-0.25, -0.2) is 0 Å². The van der Waals surface area contributed by atoms with Crippen molar-refractivity contribution in [2.75, 3.05) is 5.32 Å². The molecule has 2 aromatic carbocycles. The molecule has 0 spiro atoms. The monoisotopic (exact) mass is 295 g/mol. The Bertz CT molecular complexity index is 664. The Balaban J connectivity index is 1.78. The smallest absolute Gasteiger partial charge is 0.229 e. The highest BCUT2D eigenvalue weighted by Gasteiger charge is 2.04. The molecule has 0 saturated heterocycles. The second kappa shape index (κ2) is 7.64. The number of anilines is 1. The number of carbonyl (C=O) groups is 1. The number of benzene rings is 2. The molecule has 4 N–H and O–H groups in total. The molecule has 0 aliphatic rings. The van der Waals surface area contributed by atoms with Crippen LogP contribution in [0.15, 0.2) is 66.9 Å². The normalized spacial score (nSPS) is 10.4. The van der Waals surface area contributed by atoms with E-state index in [4.69, 9.17) is 5.41 Å². The molecule has 0 aliphatic heterocycles. The first-order valence-electron chi connectivity index (χ1n) is 6.78. The maximum Gasteiger partial charge on any atom is 0.229 e. The standard InChI is InChI=1S/C17H17N3O2/c18-16(10-11-19-14-4-2-1-3-5-14)20-17(22)12-13-6-8-15(21)9-7-13/h1-11,19,21H,12H2,(H2,18,20,22)/b11-10-. The molecule has 2 rings (SSSR count). The summed E-state index contributed by atoms with van der Waals surface area (Å²) in [6.45, 7) is 0. The van der Waals surface area contributed by atoms with Crippen molar-refractivity contribution >= 4 is 17.4 Å². The van der Waals surface area contributed by atoms with Gasteiger partial charge in [0, 0.05) is 11.9 Å². The molecule has 0 atom stereocenters. The van der Waals surface area contributed by atoms with Crippen LogP contribution in [0, 0.1) is 5.41 Å². The van der Waals surface area contributed by atoms with E-state index in [9.17, 15) is 9.90 Å². The topological polar surface area (TPSA) is 85.2 Å². The zero-order valence-corrected chi connectivity index (χ0v) is 11.9. The zero-order valence-electron chi connectivity index (χ0n) is 11.9. The molecule has 0 unspecified atom stereocenters. The summed E-state index contributed by atoms with van der Waals surface area (Å²) in [4.78, 5) is 11.8. The molecule has 22 heavy (non-hydrogen) atoms. The van der Waals surface area contributed by atoms with Crippen molar-refractivity contribution in [2.45, 2.75) is 6.42 Å². The van der Waals surface area contributed by atoms with Crippen molar-refractivity contribution in [2.24, 2.45) is 0 Å². The van der Waals surface area contributed by atoms with Gasteiger partial charge in [-0.1, -0.05) is 30.3 Å². The van der Waals surface area contributed by atoms with Gasteiger partial charge in [-0.2, -0.15) is 0 Å². The Kier molecular flexibility index (Phi) is 5.31. The van der Waals surface area contributed by atoms with Crippen molar-refractivity contribution in [3.8, 4) is 5.75 Å². The molecule has 2 aromatic rings. The predicted molar refractivity (Wildman–Crippen MR) is 86.9 cm³/mol. The van der Waals surface area contributed by atoms with E-state index in [-0.39, 0.29) is 23.9 Å². The lowest BCUT2D eigenvalue weighted by Gasteiger charge is -2.04. The summed E-state index contributed by atoms with van der Waals surface area (Å²) in [7, 11) is 0. The van der Waals surface area contributed by atoms with Crippen LogP contribution < -0.4 is 10.6 Å². The number of amides is 1. The lowest BCUT2D eigenvalue weighted by atomic mass is 10.1. The molecule has 0 fully saturated rings. The van der Waals surface area contributed by atoms with E-state index in [2.05, 4.69) is 10.6 Å². The van der Waals surface area contributed by atoms with Gasteiger partial charge < -0.3 is 15.7 Å². The van der Waals surface area contributed by atoms with Crippen molar-refractivity contribution in [1.82, 2.24) is 5.32 Å². The Morgan fingerprint density at radius 1 is 1.09 bits per heavy atom. The van der Waals surface area contributed by atoms with Crippen LogP contribution in [0.1, 0.15) is 5.56 Å². The van der Waals surface area contributed by atoms with Gasteiger partial charge in [-0.15, -0.1) is 0 Å². The fourth-order valence-corrected chi connectivity index (χ4v) is 1.79. The van der Waals surface area contributed by atoms with Crippen LogP contribution >= 0.6 is 0 Å². The molecule has 0 heterocycles. The minimum absolute atomic E-state index is 0.00668. The largest absolute Gasteiger partial charge is 0.508 e. The summed E-state index contributed by atoms with van der Waals surface area (Å²) in [5.74, 6) is -0.112. The fraction of sp³-hybridized carbons (Fsp3) is 0.0588. The highest BCUT2D eigenvalue weighted by molar-refractivity contribution is 6.03. The van der Waals surface area contributed by atoms with Crippen molar-refractivity contribution in [1.29, 1.82) is 5.41 Å². The Labute approximate surface area is 128 Å². The SMILES string of the molecule is N=C(/C=C\Nc1ccccc1)NC(=O)Cc1ccc(O)cc1. The molecule has 5 nitrogen and oxygen atoms in total. The number of carbonyl (C=O) groups excluding carboxylic acids is 1. The summed E-state index contributed by atoms with van der Waals surface area (Å²) in [5.41, 5.74) is 1.68. The first-order valence-corrected chi connectivity index (χ1v) is 6.78. The first kappa shape index (κ1) is 15.3. The molecule has 1 amide bonds. The number of phenolic OH excluding ortho intramolecular Hbond substituents is 1. The van der Waals surface area contributed by atoms with Gasteiger partial charge in [0.25, 0.3) is 0 Å². The van der Waals surface area contributed by atoms with E-state index in [1.807, 2.05) is 30.3 Å². The maximum atomic E-state index is 11.8. The Hall–Kier alpha value is -3.08. The fourth-order valence-electron chi connectivity index (χ4n) is 1.79. The molecule has 0 radical (unpaired) electrons. The third-order valence-corrected chi connectivity index (χ3v) is 2.85. The summed E-state index contributed by atoms with van der Waals surface area (Å²) in [6.07, 6.45) is 3.23. The summed E-state index contributed by atoms with van der Waals surface area (Å²) in [6, 6.07) is 15.9. The quantitative estimate of drug-likeness (QED) is 0.505. The molecule has 0 saturated carbocycles. The highest BCUT2D eigenvalue weighted by atomic mass is 16.3.